The number of hydrogen-bond acceptors (Lipinski definition) is 2. The van der Waals surface area contributed by atoms with Crippen molar-refractivity contribution in [2.24, 2.45) is 0 Å². The van der Waals surface area contributed by atoms with Gasteiger partial charge in [-0.2, -0.15) is 0 Å². The second kappa shape index (κ2) is 11.0. The Kier molecular flexibility index (Phi) is 6.40. The van der Waals surface area contributed by atoms with E-state index in [1.807, 2.05) is 11.3 Å². The molecule has 1 aromatic heterocycles. The Labute approximate surface area is 272 Å². The molecule has 0 N–H and O–H groups in total. The number of benzene rings is 8. The molecule has 1 nitrogen and oxygen atoms in total. The summed E-state index contributed by atoms with van der Waals surface area (Å²) in [5.41, 5.74) is 8.33. The third-order valence-corrected chi connectivity index (χ3v) is 10.3. The highest BCUT2D eigenvalue weighted by Gasteiger charge is 2.27. The van der Waals surface area contributed by atoms with Gasteiger partial charge in [-0.25, -0.2) is 0 Å². The lowest BCUT2D eigenvalue weighted by Gasteiger charge is -2.32. The first-order valence-electron chi connectivity index (χ1n) is 15.7. The van der Waals surface area contributed by atoms with Crippen LogP contribution in [0.2, 0.25) is 0 Å². The molecule has 216 valence electrons. The van der Waals surface area contributed by atoms with E-state index in [0.717, 1.165) is 5.69 Å². The van der Waals surface area contributed by atoms with Crippen LogP contribution in [0.4, 0.5) is 17.1 Å². The van der Waals surface area contributed by atoms with Gasteiger partial charge < -0.3 is 4.90 Å². The van der Waals surface area contributed by atoms with E-state index in [-0.39, 0.29) is 0 Å². The fourth-order valence-electron chi connectivity index (χ4n) is 7.06. The Morgan fingerprint density at radius 2 is 0.870 bits per heavy atom. The molecule has 8 aromatic carbocycles. The highest BCUT2D eigenvalue weighted by Crippen LogP contribution is 2.53. The summed E-state index contributed by atoms with van der Waals surface area (Å²) in [6.45, 7) is 0. The van der Waals surface area contributed by atoms with Crippen molar-refractivity contribution >= 4 is 70.1 Å². The van der Waals surface area contributed by atoms with Gasteiger partial charge in [-0.15, -0.1) is 11.3 Å². The predicted octanol–water partition coefficient (Wildman–Crippen LogP) is 13.2. The Hall–Kier alpha value is -5.70. The zero-order valence-electron chi connectivity index (χ0n) is 25.1. The molecule has 0 aliphatic heterocycles. The van der Waals surface area contributed by atoms with E-state index in [4.69, 9.17) is 0 Å². The summed E-state index contributed by atoms with van der Waals surface area (Å²) in [7, 11) is 0. The van der Waals surface area contributed by atoms with E-state index in [2.05, 4.69) is 181 Å². The first-order valence-corrected chi connectivity index (χ1v) is 16.5. The van der Waals surface area contributed by atoms with Gasteiger partial charge in [0.05, 0.1) is 21.8 Å². The smallest absolute Gasteiger partial charge is 0.0641 e. The number of fused-ring (bicyclic) bond motifs is 6. The van der Waals surface area contributed by atoms with Crippen molar-refractivity contribution in [1.29, 1.82) is 0 Å². The summed E-state index contributed by atoms with van der Waals surface area (Å²) in [5, 5.41) is 7.56. The van der Waals surface area contributed by atoms with Crippen molar-refractivity contribution in [3.05, 3.63) is 176 Å². The maximum atomic E-state index is 2.55. The lowest BCUT2D eigenvalue weighted by Crippen LogP contribution is -2.13. The van der Waals surface area contributed by atoms with Gasteiger partial charge in [0, 0.05) is 32.0 Å². The van der Waals surface area contributed by atoms with Crippen LogP contribution >= 0.6 is 11.3 Å². The summed E-state index contributed by atoms with van der Waals surface area (Å²) in [6.07, 6.45) is 0. The summed E-state index contributed by atoms with van der Waals surface area (Å²) >= 11 is 1.88. The first-order chi connectivity index (χ1) is 22.9. The van der Waals surface area contributed by atoms with Gasteiger partial charge in [0.2, 0.25) is 0 Å². The van der Waals surface area contributed by atoms with Crippen LogP contribution in [-0.4, -0.2) is 0 Å². The summed E-state index contributed by atoms with van der Waals surface area (Å²) in [5.74, 6) is 0. The lowest BCUT2D eigenvalue weighted by atomic mass is 9.89. The third kappa shape index (κ3) is 4.23. The van der Waals surface area contributed by atoms with Crippen molar-refractivity contribution in [1.82, 2.24) is 0 Å². The minimum absolute atomic E-state index is 1.15. The van der Waals surface area contributed by atoms with E-state index in [9.17, 15) is 0 Å². The Bertz CT molecular complexity index is 2530. The van der Waals surface area contributed by atoms with Gasteiger partial charge >= 0.3 is 0 Å². The molecule has 0 amide bonds. The molecule has 0 saturated carbocycles. The Balaban J connectivity index is 1.50. The van der Waals surface area contributed by atoms with E-state index >= 15 is 0 Å². The summed E-state index contributed by atoms with van der Waals surface area (Å²) < 4.78 is 2.58. The molecule has 0 atom stereocenters. The number of thiophene rings is 1. The van der Waals surface area contributed by atoms with Crippen molar-refractivity contribution in [3.63, 3.8) is 0 Å². The minimum atomic E-state index is 1.15. The molecule has 9 aromatic rings. The van der Waals surface area contributed by atoms with Crippen molar-refractivity contribution < 1.29 is 0 Å². The average Bonchev–Trinajstić information content (AvgIpc) is 3.52. The molecule has 0 spiro atoms. The molecule has 2 heteroatoms. The van der Waals surface area contributed by atoms with Crippen LogP contribution < -0.4 is 4.90 Å². The molecular weight excluding hydrogens is 575 g/mol. The first kappa shape index (κ1) is 26.7. The minimum Gasteiger partial charge on any atom is -0.307 e. The maximum Gasteiger partial charge on any atom is 0.0641 e. The average molecular weight is 604 g/mol. The van der Waals surface area contributed by atoms with Crippen molar-refractivity contribution in [2.45, 2.75) is 0 Å². The molecule has 0 fully saturated rings. The van der Waals surface area contributed by atoms with Crippen LogP contribution in [-0.2, 0) is 0 Å². The van der Waals surface area contributed by atoms with E-state index < -0.39 is 0 Å². The second-order valence-electron chi connectivity index (χ2n) is 11.7. The number of nitrogens with zero attached hydrogens (tertiary/aromatic N) is 1. The van der Waals surface area contributed by atoms with Gasteiger partial charge in [-0.05, 0) is 45.5 Å². The van der Waals surface area contributed by atoms with Gasteiger partial charge in [0.1, 0.15) is 0 Å². The number of para-hydroxylation sites is 1. The Morgan fingerprint density at radius 3 is 1.63 bits per heavy atom. The molecule has 0 radical (unpaired) electrons. The molecule has 9 rings (SSSR count). The van der Waals surface area contributed by atoms with E-state index in [1.165, 1.54) is 75.3 Å². The normalized spacial score (nSPS) is 11.5. The van der Waals surface area contributed by atoms with E-state index in [1.54, 1.807) is 0 Å². The van der Waals surface area contributed by atoms with Gasteiger partial charge in [-0.3, -0.25) is 0 Å². The van der Waals surface area contributed by atoms with Crippen molar-refractivity contribution in [2.75, 3.05) is 4.90 Å². The largest absolute Gasteiger partial charge is 0.307 e. The van der Waals surface area contributed by atoms with Gasteiger partial charge in [0.25, 0.3) is 0 Å². The van der Waals surface area contributed by atoms with Crippen LogP contribution in [0.15, 0.2) is 176 Å². The number of rotatable bonds is 5. The highest BCUT2D eigenvalue weighted by atomic mass is 32.1. The predicted molar refractivity (Wildman–Crippen MR) is 200 cm³/mol. The molecular formula is C44H29NS. The molecule has 1 heterocycles. The number of hydrogen-bond donors (Lipinski definition) is 0. The fourth-order valence-corrected chi connectivity index (χ4v) is 8.27. The van der Waals surface area contributed by atoms with E-state index in [0.29, 0.717) is 0 Å². The summed E-state index contributed by atoms with van der Waals surface area (Å²) in [4.78, 5) is 2.55. The van der Waals surface area contributed by atoms with Crippen LogP contribution in [0.3, 0.4) is 0 Å². The molecule has 46 heavy (non-hydrogen) atoms. The third-order valence-electron chi connectivity index (χ3n) is 9.05. The van der Waals surface area contributed by atoms with Crippen LogP contribution in [0.1, 0.15) is 0 Å². The summed E-state index contributed by atoms with van der Waals surface area (Å²) in [6, 6.07) is 63.9. The molecule has 0 aliphatic rings. The van der Waals surface area contributed by atoms with Gasteiger partial charge in [-0.1, -0.05) is 158 Å². The quantitative estimate of drug-likeness (QED) is 0.177. The zero-order valence-corrected chi connectivity index (χ0v) is 25.9. The molecule has 0 saturated heterocycles. The maximum absolute atomic E-state index is 2.55. The Morgan fingerprint density at radius 1 is 0.348 bits per heavy atom. The molecule has 0 bridgehead atoms. The second-order valence-corrected chi connectivity index (χ2v) is 12.7. The highest BCUT2D eigenvalue weighted by molar-refractivity contribution is 7.26. The topological polar surface area (TPSA) is 3.24 Å². The standard InChI is InChI=1S/C44H29NS/c1-3-16-30(17-4-1)32-20-11-13-27-39(32)45(40-28-15-26-38-35-23-12-14-29-41(35)46-44(38)40)43-37-25-10-8-22-34(37)33-21-7-9-24-36(33)42(43)31-18-5-2-6-19-31/h1-29H. The van der Waals surface area contributed by atoms with Gasteiger partial charge in [0.15, 0.2) is 0 Å². The molecule has 0 unspecified atom stereocenters. The lowest BCUT2D eigenvalue weighted by molar-refractivity contribution is 1.32. The molecule has 0 aliphatic carbocycles. The monoisotopic (exact) mass is 603 g/mol. The SMILES string of the molecule is c1ccc(-c2ccccc2N(c2c(-c3ccccc3)c3ccccc3c3ccccc23)c2cccc3c2sc2ccccc23)cc1. The number of anilines is 3. The zero-order chi connectivity index (χ0) is 30.5. The van der Waals surface area contributed by atoms with Crippen LogP contribution in [0.25, 0.3) is 64.0 Å². The van der Waals surface area contributed by atoms with Crippen LogP contribution in [0.5, 0.6) is 0 Å². The van der Waals surface area contributed by atoms with Crippen LogP contribution in [0, 0.1) is 0 Å². The fraction of sp³-hybridized carbons (Fsp3) is 0. The van der Waals surface area contributed by atoms with Crippen molar-refractivity contribution in [3.8, 4) is 22.3 Å².